The van der Waals surface area contributed by atoms with Crippen molar-refractivity contribution in [3.63, 3.8) is 0 Å². The number of aliphatic hydroxyl groups excluding tert-OH is 1. The lowest BCUT2D eigenvalue weighted by Gasteiger charge is -2.11. The Labute approximate surface area is 156 Å². The van der Waals surface area contributed by atoms with Crippen molar-refractivity contribution in [1.82, 2.24) is 4.98 Å². The summed E-state index contributed by atoms with van der Waals surface area (Å²) >= 11 is 1.53. The van der Waals surface area contributed by atoms with Gasteiger partial charge in [-0.15, -0.1) is 11.3 Å². The van der Waals surface area contributed by atoms with Gasteiger partial charge in [0, 0.05) is 27.0 Å². The van der Waals surface area contributed by atoms with Crippen molar-refractivity contribution in [2.45, 2.75) is 33.5 Å². The van der Waals surface area contributed by atoms with Crippen LogP contribution in [0.5, 0.6) is 5.75 Å². The second-order valence-electron chi connectivity index (χ2n) is 6.11. The summed E-state index contributed by atoms with van der Waals surface area (Å²) in [5.74, 6) is 0.393. The molecule has 3 aromatic rings. The molecule has 0 saturated heterocycles. The number of benzene rings is 1. The van der Waals surface area contributed by atoms with Gasteiger partial charge in [0.25, 0.3) is 0 Å². The highest BCUT2D eigenvalue weighted by molar-refractivity contribution is 7.17. The molecular weight excluding hydrogens is 350 g/mol. The summed E-state index contributed by atoms with van der Waals surface area (Å²) in [6.07, 6.45) is 0.192. The van der Waals surface area contributed by atoms with Crippen molar-refractivity contribution in [2.75, 3.05) is 7.11 Å². The molecular formula is C20H21NO4S. The van der Waals surface area contributed by atoms with E-state index >= 15 is 0 Å². The summed E-state index contributed by atoms with van der Waals surface area (Å²) in [7, 11) is 1.37. The van der Waals surface area contributed by atoms with Crippen molar-refractivity contribution in [3.05, 3.63) is 57.7 Å². The fraction of sp³-hybridized carbons (Fsp3) is 0.300. The van der Waals surface area contributed by atoms with E-state index in [1.54, 1.807) is 0 Å². The van der Waals surface area contributed by atoms with Gasteiger partial charge in [0.15, 0.2) is 0 Å². The minimum Gasteiger partial charge on any atom is -0.489 e. The number of hydrogen-bond acceptors (Lipinski definition) is 6. The molecule has 0 radical (unpaired) electrons. The first-order chi connectivity index (χ1) is 12.5. The predicted molar refractivity (Wildman–Crippen MR) is 102 cm³/mol. The summed E-state index contributed by atoms with van der Waals surface area (Å²) in [6, 6.07) is 7.75. The smallest absolute Gasteiger partial charge is 0.310 e. The Morgan fingerprint density at radius 2 is 2.00 bits per heavy atom. The van der Waals surface area contributed by atoms with Crippen LogP contribution in [0, 0.1) is 13.8 Å². The normalized spacial score (nSPS) is 10.9. The van der Waals surface area contributed by atoms with Crippen LogP contribution >= 0.6 is 11.3 Å². The molecule has 0 aliphatic carbocycles. The summed E-state index contributed by atoms with van der Waals surface area (Å²) in [5, 5.41) is 12.6. The Morgan fingerprint density at radius 3 is 2.69 bits per heavy atom. The Bertz CT molecular complexity index is 948. The first-order valence-electron chi connectivity index (χ1n) is 8.28. The SMILES string of the molecule is COC(=O)Cc1csc2cc(OCc3ccc(C)nc3C)cc(CO)c12. The Balaban J connectivity index is 1.87. The molecule has 0 amide bonds. The third-order valence-corrected chi connectivity index (χ3v) is 5.25. The summed E-state index contributed by atoms with van der Waals surface area (Å²) in [6.45, 7) is 4.22. The molecule has 1 N–H and O–H groups in total. The Hall–Kier alpha value is -2.44. The zero-order valence-electron chi connectivity index (χ0n) is 15.0. The number of nitrogens with zero attached hydrogens (tertiary/aromatic N) is 1. The number of ether oxygens (including phenoxy) is 2. The van der Waals surface area contributed by atoms with Crippen LogP contribution in [0.3, 0.4) is 0 Å². The topological polar surface area (TPSA) is 68.7 Å². The lowest BCUT2D eigenvalue weighted by molar-refractivity contribution is -0.139. The van der Waals surface area contributed by atoms with Crippen LogP contribution < -0.4 is 4.74 Å². The van der Waals surface area contributed by atoms with Gasteiger partial charge in [-0.2, -0.15) is 0 Å². The van der Waals surface area contributed by atoms with E-state index in [4.69, 9.17) is 9.47 Å². The maximum absolute atomic E-state index is 11.6. The molecule has 136 valence electrons. The number of fused-ring (bicyclic) bond motifs is 1. The molecule has 5 nitrogen and oxygen atoms in total. The van der Waals surface area contributed by atoms with Gasteiger partial charge < -0.3 is 14.6 Å². The quantitative estimate of drug-likeness (QED) is 0.669. The van der Waals surface area contributed by atoms with E-state index in [0.29, 0.717) is 12.4 Å². The maximum atomic E-state index is 11.6. The minimum atomic E-state index is -0.295. The number of carbonyl (C=O) groups is 1. The second kappa shape index (κ2) is 7.85. The number of esters is 1. The zero-order valence-corrected chi connectivity index (χ0v) is 15.9. The van der Waals surface area contributed by atoms with E-state index in [2.05, 4.69) is 4.98 Å². The van der Waals surface area contributed by atoms with Crippen LogP contribution in [0.1, 0.15) is 28.1 Å². The maximum Gasteiger partial charge on any atom is 0.310 e. The van der Waals surface area contributed by atoms with E-state index in [9.17, 15) is 9.90 Å². The van der Waals surface area contributed by atoms with Gasteiger partial charge in [-0.1, -0.05) is 6.07 Å². The molecule has 1 aromatic carbocycles. The molecule has 0 aliphatic rings. The number of aryl methyl sites for hydroxylation is 2. The first-order valence-corrected chi connectivity index (χ1v) is 9.16. The summed E-state index contributed by atoms with van der Waals surface area (Å²) < 4.78 is 11.7. The van der Waals surface area contributed by atoms with E-state index < -0.39 is 0 Å². The van der Waals surface area contributed by atoms with Gasteiger partial charge in [0.2, 0.25) is 0 Å². The average molecular weight is 371 g/mol. The predicted octanol–water partition coefficient (Wildman–Crippen LogP) is 3.70. The van der Waals surface area contributed by atoms with E-state index in [1.165, 1.54) is 18.4 Å². The monoisotopic (exact) mass is 371 g/mol. The highest BCUT2D eigenvalue weighted by atomic mass is 32.1. The van der Waals surface area contributed by atoms with Gasteiger partial charge in [-0.3, -0.25) is 9.78 Å². The van der Waals surface area contributed by atoms with Crippen molar-refractivity contribution in [2.24, 2.45) is 0 Å². The Kier molecular flexibility index (Phi) is 5.54. The number of aliphatic hydroxyl groups is 1. The van der Waals surface area contributed by atoms with Gasteiger partial charge in [-0.05, 0) is 48.6 Å². The number of rotatable bonds is 6. The number of carbonyl (C=O) groups excluding carboxylic acids is 1. The molecule has 0 unspecified atom stereocenters. The fourth-order valence-electron chi connectivity index (χ4n) is 2.89. The van der Waals surface area contributed by atoms with Crippen molar-refractivity contribution < 1.29 is 19.4 Å². The number of methoxy groups -OCH3 is 1. The standard InChI is InChI=1S/C20H21NO4S/c1-12-4-5-14(13(2)21-12)10-25-17-6-15(9-22)20-16(7-19(23)24-3)11-26-18(20)8-17/h4-6,8,11,22H,7,9-10H2,1-3H3. The van der Waals surface area contributed by atoms with Crippen LogP contribution in [0.4, 0.5) is 0 Å². The van der Waals surface area contributed by atoms with Crippen molar-refractivity contribution >= 4 is 27.4 Å². The number of aromatic nitrogens is 1. The van der Waals surface area contributed by atoms with Crippen LogP contribution in [0.2, 0.25) is 0 Å². The Morgan fingerprint density at radius 1 is 1.19 bits per heavy atom. The number of hydrogen-bond donors (Lipinski definition) is 1. The zero-order chi connectivity index (χ0) is 18.7. The van der Waals surface area contributed by atoms with E-state index in [-0.39, 0.29) is 19.0 Å². The molecule has 3 rings (SSSR count). The lowest BCUT2D eigenvalue weighted by Crippen LogP contribution is -2.04. The molecule has 6 heteroatoms. The summed E-state index contributed by atoms with van der Waals surface area (Å²) in [5.41, 5.74) is 4.57. The third-order valence-electron chi connectivity index (χ3n) is 4.27. The van der Waals surface area contributed by atoms with Crippen LogP contribution in [0.25, 0.3) is 10.1 Å². The van der Waals surface area contributed by atoms with E-state index in [0.717, 1.165) is 38.2 Å². The van der Waals surface area contributed by atoms with Gasteiger partial charge in [0.1, 0.15) is 12.4 Å². The molecule has 0 aliphatic heterocycles. The summed E-state index contributed by atoms with van der Waals surface area (Å²) in [4.78, 5) is 16.0. The average Bonchev–Trinajstić information content (AvgIpc) is 3.03. The molecule has 0 bridgehead atoms. The van der Waals surface area contributed by atoms with Crippen LogP contribution in [0.15, 0.2) is 29.6 Å². The van der Waals surface area contributed by atoms with Crippen LogP contribution in [-0.2, 0) is 29.2 Å². The minimum absolute atomic E-state index is 0.121. The highest BCUT2D eigenvalue weighted by Gasteiger charge is 2.14. The van der Waals surface area contributed by atoms with Gasteiger partial charge in [0.05, 0.1) is 20.1 Å². The lowest BCUT2D eigenvalue weighted by atomic mass is 10.0. The van der Waals surface area contributed by atoms with Crippen LogP contribution in [-0.4, -0.2) is 23.2 Å². The fourth-order valence-corrected chi connectivity index (χ4v) is 3.93. The second-order valence-corrected chi connectivity index (χ2v) is 7.02. The van der Waals surface area contributed by atoms with Crippen molar-refractivity contribution in [3.8, 4) is 5.75 Å². The molecule has 0 fully saturated rings. The highest BCUT2D eigenvalue weighted by Crippen LogP contribution is 2.34. The third kappa shape index (κ3) is 3.86. The molecule has 2 aromatic heterocycles. The van der Waals surface area contributed by atoms with Gasteiger partial charge in [-0.25, -0.2) is 0 Å². The largest absolute Gasteiger partial charge is 0.489 e. The molecule has 2 heterocycles. The number of thiophene rings is 1. The molecule has 0 atom stereocenters. The molecule has 0 spiro atoms. The molecule has 0 saturated carbocycles. The van der Waals surface area contributed by atoms with Crippen molar-refractivity contribution in [1.29, 1.82) is 0 Å². The first kappa shape index (κ1) is 18.4. The number of pyridine rings is 1. The van der Waals surface area contributed by atoms with E-state index in [1.807, 2.05) is 43.5 Å². The van der Waals surface area contributed by atoms with Gasteiger partial charge >= 0.3 is 5.97 Å². The molecule has 26 heavy (non-hydrogen) atoms.